The lowest BCUT2D eigenvalue weighted by Gasteiger charge is -2.77. The summed E-state index contributed by atoms with van der Waals surface area (Å²) in [4.78, 5) is 12.5. The van der Waals surface area contributed by atoms with E-state index in [1.165, 1.54) is 38.5 Å². The van der Waals surface area contributed by atoms with Gasteiger partial charge < -0.3 is 0 Å². The van der Waals surface area contributed by atoms with Crippen molar-refractivity contribution in [1.82, 2.24) is 0 Å². The van der Waals surface area contributed by atoms with Gasteiger partial charge in [0.1, 0.15) is 0 Å². The van der Waals surface area contributed by atoms with Crippen molar-refractivity contribution in [2.75, 3.05) is 0 Å². The van der Waals surface area contributed by atoms with E-state index in [0.717, 1.165) is 0 Å². The van der Waals surface area contributed by atoms with Crippen LogP contribution in [0.2, 0.25) is 0 Å². The average Bonchev–Trinajstić information content (AvgIpc) is 2.46. The summed E-state index contributed by atoms with van der Waals surface area (Å²) in [5.74, 6) is 0. The van der Waals surface area contributed by atoms with Crippen molar-refractivity contribution in [2.45, 2.75) is 105 Å². The van der Waals surface area contributed by atoms with Crippen LogP contribution in [0.3, 0.4) is 0 Å². The van der Waals surface area contributed by atoms with Crippen LogP contribution in [0.15, 0.2) is 11.1 Å². The van der Waals surface area contributed by atoms with Gasteiger partial charge in [0.2, 0.25) is 0 Å². The van der Waals surface area contributed by atoms with E-state index in [-0.39, 0.29) is 32.9 Å². The minimum absolute atomic E-state index is 0.121. The average molecular weight is 333 g/mol. The first kappa shape index (κ1) is 17.1. The summed E-state index contributed by atoms with van der Waals surface area (Å²) in [6, 6.07) is 0. The van der Waals surface area contributed by atoms with Crippen molar-refractivity contribution in [1.29, 1.82) is 0 Å². The zero-order chi connectivity index (χ0) is 17.8. The van der Waals surface area contributed by atoms with Crippen LogP contribution in [0.1, 0.15) is 93.9 Å². The molecule has 0 aromatic carbocycles. The van der Waals surface area contributed by atoms with E-state index in [0.29, 0.717) is 0 Å². The van der Waals surface area contributed by atoms with Crippen LogP contribution in [0, 0.1) is 21.7 Å². The predicted octanol–water partition coefficient (Wildman–Crippen LogP) is 6.21. The summed E-state index contributed by atoms with van der Waals surface area (Å²) in [5.41, 5.74) is 3.40. The Labute approximate surface area is 148 Å². The van der Waals surface area contributed by atoms with E-state index in [9.17, 15) is 0 Å². The van der Waals surface area contributed by atoms with Gasteiger partial charge in [-0.3, -0.25) is 0 Å². The van der Waals surface area contributed by atoms with Crippen LogP contribution in [-0.2, 0) is 9.78 Å². The van der Waals surface area contributed by atoms with Crippen molar-refractivity contribution < 1.29 is 9.78 Å². The lowest BCUT2D eigenvalue weighted by atomic mass is 9.38. The molecule has 3 aliphatic carbocycles. The normalized spacial score (nSPS) is 44.0. The highest BCUT2D eigenvalue weighted by molar-refractivity contribution is 5.61. The maximum absolute atomic E-state index is 6.24. The van der Waals surface area contributed by atoms with Crippen LogP contribution < -0.4 is 0 Å². The summed E-state index contributed by atoms with van der Waals surface area (Å²) in [6.07, 6.45) is 7.50. The molecule has 1 heterocycles. The van der Waals surface area contributed by atoms with Gasteiger partial charge in [-0.1, -0.05) is 68.2 Å². The number of hydrogen-bond acceptors (Lipinski definition) is 2. The molecule has 0 aromatic heterocycles. The molecule has 1 saturated carbocycles. The second kappa shape index (κ2) is 4.31. The van der Waals surface area contributed by atoms with Crippen LogP contribution in [0.25, 0.3) is 0 Å². The van der Waals surface area contributed by atoms with Crippen molar-refractivity contribution in [2.24, 2.45) is 21.7 Å². The molecule has 2 heteroatoms. The first-order valence-corrected chi connectivity index (χ1v) is 9.99. The zero-order valence-electron chi connectivity index (χ0n) is 17.1. The van der Waals surface area contributed by atoms with Crippen LogP contribution in [0.5, 0.6) is 0 Å². The molecule has 0 amide bonds. The molecule has 0 N–H and O–H groups in total. The van der Waals surface area contributed by atoms with Gasteiger partial charge in [0.05, 0.1) is 0 Å². The number of hydrogen-bond donors (Lipinski definition) is 0. The van der Waals surface area contributed by atoms with Crippen LogP contribution in [-0.4, -0.2) is 11.2 Å². The standard InChI is InChI=1S/C22H36O2/c1-17(2)11-9-12-18(3,4)16-15(17)21-19(5,6)13-10-14-20(7,8)22(16,21)24-23-21/h9-14H2,1-8H3. The summed E-state index contributed by atoms with van der Waals surface area (Å²) in [6.45, 7) is 19.5. The lowest BCUT2D eigenvalue weighted by Crippen LogP contribution is -2.86. The molecule has 2 atom stereocenters. The molecule has 2 unspecified atom stereocenters. The molecule has 4 aliphatic rings. The van der Waals surface area contributed by atoms with Crippen molar-refractivity contribution in [3.63, 3.8) is 0 Å². The Hall–Kier alpha value is -0.340. The second-order valence-corrected chi connectivity index (χ2v) is 11.5. The third kappa shape index (κ3) is 1.53. The fraction of sp³-hybridized carbons (Fsp3) is 0.909. The highest BCUT2D eigenvalue weighted by atomic mass is 17.3. The summed E-state index contributed by atoms with van der Waals surface area (Å²) >= 11 is 0. The van der Waals surface area contributed by atoms with Gasteiger partial charge in [0.25, 0.3) is 0 Å². The molecule has 1 aliphatic heterocycles. The molecule has 136 valence electrons. The van der Waals surface area contributed by atoms with E-state index >= 15 is 0 Å². The Morgan fingerprint density at radius 3 is 1.21 bits per heavy atom. The Balaban J connectivity index is 2.06. The SMILES string of the molecule is CC1(C)CCCC(C)(C)C2=C1C13OOC21C(C)(C)CCCC3(C)C. The van der Waals surface area contributed by atoms with Gasteiger partial charge in [0, 0.05) is 10.8 Å². The first-order valence-electron chi connectivity index (χ1n) is 9.99. The lowest BCUT2D eigenvalue weighted by molar-refractivity contribution is -0.586. The molecule has 0 spiro atoms. The van der Waals surface area contributed by atoms with Crippen molar-refractivity contribution in [3.05, 3.63) is 11.1 Å². The molecule has 0 aromatic rings. The second-order valence-electron chi connectivity index (χ2n) is 11.5. The van der Waals surface area contributed by atoms with E-state index in [1.807, 2.05) is 0 Å². The maximum atomic E-state index is 6.24. The third-order valence-electron chi connectivity index (χ3n) is 8.21. The topological polar surface area (TPSA) is 18.5 Å². The van der Waals surface area contributed by atoms with Crippen molar-refractivity contribution in [3.8, 4) is 0 Å². The smallest absolute Gasteiger partial charge is 0.167 e. The zero-order valence-corrected chi connectivity index (χ0v) is 17.1. The monoisotopic (exact) mass is 332 g/mol. The summed E-state index contributed by atoms with van der Waals surface area (Å²) < 4.78 is 0. The minimum Gasteiger partial charge on any atom is -0.220 e. The van der Waals surface area contributed by atoms with E-state index in [2.05, 4.69) is 55.4 Å². The van der Waals surface area contributed by atoms with Crippen molar-refractivity contribution >= 4 is 0 Å². The highest BCUT2D eigenvalue weighted by Crippen LogP contribution is 2.80. The molecule has 0 radical (unpaired) electrons. The minimum atomic E-state index is -0.222. The van der Waals surface area contributed by atoms with Crippen LogP contribution >= 0.6 is 0 Å². The summed E-state index contributed by atoms with van der Waals surface area (Å²) in [7, 11) is 0. The molecule has 2 nitrogen and oxygen atoms in total. The molecule has 0 bridgehead atoms. The van der Waals surface area contributed by atoms with Gasteiger partial charge in [-0.2, -0.15) is 0 Å². The number of rotatable bonds is 0. The predicted molar refractivity (Wildman–Crippen MR) is 97.5 cm³/mol. The van der Waals surface area contributed by atoms with Gasteiger partial charge in [-0.15, -0.1) is 0 Å². The van der Waals surface area contributed by atoms with Crippen LogP contribution in [0.4, 0.5) is 0 Å². The van der Waals surface area contributed by atoms with E-state index in [4.69, 9.17) is 9.78 Å². The quantitative estimate of drug-likeness (QED) is 0.388. The van der Waals surface area contributed by atoms with E-state index in [1.54, 1.807) is 11.1 Å². The van der Waals surface area contributed by atoms with Gasteiger partial charge in [-0.05, 0) is 47.7 Å². The Morgan fingerprint density at radius 2 is 0.875 bits per heavy atom. The van der Waals surface area contributed by atoms with E-state index < -0.39 is 0 Å². The molecule has 24 heavy (non-hydrogen) atoms. The summed E-state index contributed by atoms with van der Waals surface area (Å²) in [5, 5.41) is 0. The molecule has 4 rings (SSSR count). The highest BCUT2D eigenvalue weighted by Gasteiger charge is 2.87. The van der Waals surface area contributed by atoms with Gasteiger partial charge in [0.15, 0.2) is 11.2 Å². The van der Waals surface area contributed by atoms with Gasteiger partial charge in [-0.25, -0.2) is 9.78 Å². The molecule has 1 saturated heterocycles. The Morgan fingerprint density at radius 1 is 0.542 bits per heavy atom. The Kier molecular flexibility index (Phi) is 3.07. The fourth-order valence-electron chi connectivity index (χ4n) is 6.97. The molecular weight excluding hydrogens is 296 g/mol. The van der Waals surface area contributed by atoms with Gasteiger partial charge >= 0.3 is 0 Å². The molecular formula is C22H36O2. The molecule has 2 fully saturated rings. The maximum Gasteiger partial charge on any atom is 0.167 e. The Bertz CT molecular complexity index is 570. The largest absolute Gasteiger partial charge is 0.220 e. The first-order chi connectivity index (χ1) is 10.9. The third-order valence-corrected chi connectivity index (χ3v) is 8.21. The fourth-order valence-corrected chi connectivity index (χ4v) is 6.97.